The van der Waals surface area contributed by atoms with Crippen molar-refractivity contribution in [1.29, 1.82) is 0 Å². The van der Waals surface area contributed by atoms with Crippen LogP contribution in [0.2, 0.25) is 0 Å². The number of alkyl halides is 3. The molecule has 0 saturated carbocycles. The molecule has 5 nitrogen and oxygen atoms in total. The van der Waals surface area contributed by atoms with Gasteiger partial charge in [0.1, 0.15) is 5.76 Å². The predicted molar refractivity (Wildman–Crippen MR) is 223 cm³/mol. The first-order valence-corrected chi connectivity index (χ1v) is 18.6. The zero-order valence-corrected chi connectivity index (χ0v) is 32.1. The topological polar surface area (TPSA) is 61.3 Å². The third-order valence-electron chi connectivity index (χ3n) is 9.94. The van der Waals surface area contributed by atoms with Gasteiger partial charge in [-0.3, -0.25) is 0 Å². The van der Waals surface area contributed by atoms with Gasteiger partial charge in [0.25, 0.3) is 0 Å². The summed E-state index contributed by atoms with van der Waals surface area (Å²) in [4.78, 5) is 11.2. The van der Waals surface area contributed by atoms with Gasteiger partial charge in [0.15, 0.2) is 5.82 Å². The fourth-order valence-electron chi connectivity index (χ4n) is 6.63. The van der Waals surface area contributed by atoms with Crippen LogP contribution in [0, 0.1) is 5.41 Å². The van der Waals surface area contributed by atoms with Gasteiger partial charge in [-0.1, -0.05) is 132 Å². The van der Waals surface area contributed by atoms with E-state index in [-0.39, 0.29) is 29.7 Å². The number of aryl methyl sites for hydroxylation is 1. The van der Waals surface area contributed by atoms with Gasteiger partial charge >= 0.3 is 6.18 Å². The fourth-order valence-corrected chi connectivity index (χ4v) is 6.63. The van der Waals surface area contributed by atoms with Gasteiger partial charge in [0.05, 0.1) is 12.1 Å². The molecule has 1 aliphatic carbocycles. The van der Waals surface area contributed by atoms with Gasteiger partial charge in [-0.05, 0) is 75.4 Å². The molecule has 8 heteroatoms. The van der Waals surface area contributed by atoms with Gasteiger partial charge in [0.2, 0.25) is 0 Å². The van der Waals surface area contributed by atoms with E-state index in [0.29, 0.717) is 41.4 Å². The Morgan fingerprint density at radius 3 is 2.04 bits per heavy atom. The normalized spacial score (nSPS) is 13.5. The number of aromatic nitrogens is 2. The number of nitrogens with one attached hydrogen (secondary N) is 1. The van der Waals surface area contributed by atoms with Crippen molar-refractivity contribution in [3.63, 3.8) is 0 Å². The molecule has 1 heterocycles. The Hall–Kier alpha value is -6.15. The van der Waals surface area contributed by atoms with Gasteiger partial charge in [0, 0.05) is 53.6 Å². The van der Waals surface area contributed by atoms with Crippen molar-refractivity contribution >= 4 is 17.0 Å². The second-order valence-corrected chi connectivity index (χ2v) is 14.9. The highest BCUT2D eigenvalue weighted by molar-refractivity contribution is 5.77. The summed E-state index contributed by atoms with van der Waals surface area (Å²) in [5, 5.41) is 13.3. The van der Waals surface area contributed by atoms with E-state index in [0.717, 1.165) is 34.2 Å². The minimum atomic E-state index is -4.45. The lowest BCUT2D eigenvalue weighted by molar-refractivity contribution is -0.138. The summed E-state index contributed by atoms with van der Waals surface area (Å²) in [6.45, 7) is 18.9. The second-order valence-electron chi connectivity index (χ2n) is 14.9. The highest BCUT2D eigenvalue weighted by Crippen LogP contribution is 2.35. The van der Waals surface area contributed by atoms with Gasteiger partial charge in [-0.25, -0.2) is 9.97 Å². The first kappa shape index (κ1) is 39.5. The van der Waals surface area contributed by atoms with Crippen LogP contribution in [0.15, 0.2) is 153 Å². The number of hydrogen-bond acceptors (Lipinski definition) is 5. The van der Waals surface area contributed by atoms with Crippen LogP contribution in [0.1, 0.15) is 60.6 Å². The Bertz CT molecular complexity index is 2270. The zero-order valence-electron chi connectivity index (χ0n) is 32.1. The van der Waals surface area contributed by atoms with Crippen LogP contribution in [-0.2, 0) is 25.6 Å². The van der Waals surface area contributed by atoms with E-state index in [1.165, 1.54) is 23.3 Å². The monoisotopic (exact) mass is 752 g/mol. The molecular formula is C48H47F3N4O. The number of anilines is 1. The second kappa shape index (κ2) is 16.7. The molecule has 0 unspecified atom stereocenters. The number of aliphatic hydroxyl groups excluding tert-OH is 1. The average Bonchev–Trinajstić information content (AvgIpc) is 3.18. The molecule has 0 radical (unpaired) electrons. The molecule has 5 aromatic rings. The Morgan fingerprint density at radius 2 is 1.45 bits per heavy atom. The first-order valence-electron chi connectivity index (χ1n) is 18.6. The predicted octanol–water partition coefficient (Wildman–Crippen LogP) is 12.5. The standard InChI is InChI=1S/C48H47F3N4O/c1-7-35-8-13-42(45(27-35)48(49,50)51)26-32(2)54-44-20-18-37(19-21-44)34(4)55(30-33(3)56)31-36-9-11-41(12-10-36)46-52-28-43(29-53-46)39-16-14-38(15-17-39)40-22-24-47(5,6)25-23-40/h8-24,27-29,54,56H,2-4,7,25-26,30-31H2,1,5-6H3. The molecule has 0 saturated heterocycles. The van der Waals surface area contributed by atoms with Crippen molar-refractivity contribution in [2.75, 3.05) is 11.9 Å². The maximum Gasteiger partial charge on any atom is 0.416 e. The highest BCUT2D eigenvalue weighted by atomic mass is 19.4. The number of rotatable bonds is 14. The summed E-state index contributed by atoms with van der Waals surface area (Å²) >= 11 is 0. The number of nitrogens with zero attached hydrogens (tertiary/aromatic N) is 3. The summed E-state index contributed by atoms with van der Waals surface area (Å²) in [7, 11) is 0. The molecule has 0 atom stereocenters. The van der Waals surface area contributed by atoms with Crippen molar-refractivity contribution in [3.8, 4) is 22.5 Å². The van der Waals surface area contributed by atoms with E-state index in [1.54, 1.807) is 6.07 Å². The molecule has 0 fully saturated rings. The van der Waals surface area contributed by atoms with E-state index < -0.39 is 11.7 Å². The van der Waals surface area contributed by atoms with Gasteiger partial charge in [-0.2, -0.15) is 13.2 Å². The molecule has 0 bridgehead atoms. The molecule has 1 aromatic heterocycles. The van der Waals surface area contributed by atoms with Crippen LogP contribution in [0.4, 0.5) is 18.9 Å². The average molecular weight is 753 g/mol. The first-order chi connectivity index (χ1) is 26.7. The maximum absolute atomic E-state index is 13.8. The molecule has 0 spiro atoms. The molecule has 0 aliphatic heterocycles. The van der Waals surface area contributed by atoms with E-state index >= 15 is 0 Å². The van der Waals surface area contributed by atoms with Gasteiger partial charge in [-0.15, -0.1) is 0 Å². The summed E-state index contributed by atoms with van der Waals surface area (Å²) in [5.74, 6) is 0.617. The van der Waals surface area contributed by atoms with Gasteiger partial charge < -0.3 is 15.3 Å². The van der Waals surface area contributed by atoms with E-state index in [1.807, 2.05) is 72.7 Å². The van der Waals surface area contributed by atoms with Crippen molar-refractivity contribution in [1.82, 2.24) is 14.9 Å². The molecule has 56 heavy (non-hydrogen) atoms. The van der Waals surface area contributed by atoms with Crippen molar-refractivity contribution in [2.24, 2.45) is 5.41 Å². The third-order valence-corrected chi connectivity index (χ3v) is 9.94. The lowest BCUT2D eigenvalue weighted by Gasteiger charge is -2.27. The summed E-state index contributed by atoms with van der Waals surface area (Å²) in [5.41, 5.74) is 9.25. The van der Waals surface area contributed by atoms with E-state index in [2.05, 4.69) is 91.4 Å². The Morgan fingerprint density at radius 1 is 0.821 bits per heavy atom. The molecular weight excluding hydrogens is 706 g/mol. The Kier molecular flexibility index (Phi) is 11.8. The quantitative estimate of drug-likeness (QED) is 0.111. The lowest BCUT2D eigenvalue weighted by atomic mass is 9.83. The summed E-state index contributed by atoms with van der Waals surface area (Å²) in [6, 6.07) is 28.3. The van der Waals surface area contributed by atoms with E-state index in [4.69, 9.17) is 0 Å². The number of allylic oxidation sites excluding steroid dienone is 5. The minimum absolute atomic E-state index is 0.00219. The molecule has 0 amide bonds. The number of benzene rings is 4. The van der Waals surface area contributed by atoms with Crippen molar-refractivity contribution in [2.45, 2.75) is 52.8 Å². The molecule has 2 N–H and O–H groups in total. The van der Waals surface area contributed by atoms with Crippen molar-refractivity contribution in [3.05, 3.63) is 186 Å². The van der Waals surface area contributed by atoms with Crippen molar-refractivity contribution < 1.29 is 18.3 Å². The fraction of sp³-hybridized carbons (Fsp3) is 0.208. The summed E-state index contributed by atoms with van der Waals surface area (Å²) in [6.07, 6.45) is 7.59. The van der Waals surface area contributed by atoms with Crippen LogP contribution < -0.4 is 5.32 Å². The number of aliphatic hydroxyl groups is 1. The third kappa shape index (κ3) is 9.93. The molecule has 6 rings (SSSR count). The number of halogens is 3. The van der Waals surface area contributed by atoms with Crippen LogP contribution in [0.25, 0.3) is 33.8 Å². The van der Waals surface area contributed by atoms with E-state index in [9.17, 15) is 18.3 Å². The molecule has 4 aromatic carbocycles. The van der Waals surface area contributed by atoms with Crippen LogP contribution in [-0.4, -0.2) is 26.5 Å². The number of hydrogen-bond donors (Lipinski definition) is 2. The van der Waals surface area contributed by atoms with Crippen LogP contribution in [0.5, 0.6) is 0 Å². The highest BCUT2D eigenvalue weighted by Gasteiger charge is 2.33. The zero-order chi connectivity index (χ0) is 40.0. The SMILES string of the molecule is C=C(O)CN(Cc1ccc(-c2ncc(-c3ccc(C4=CCC(C)(C)C=C4)cc3)cn2)cc1)C(=C)c1ccc(NC(=C)Cc2ccc(CC)cc2C(F)(F)F)cc1. The summed E-state index contributed by atoms with van der Waals surface area (Å²) < 4.78 is 41.3. The smallest absolute Gasteiger partial charge is 0.416 e. The minimum Gasteiger partial charge on any atom is -0.511 e. The molecule has 1 aliphatic rings. The van der Waals surface area contributed by atoms with Crippen LogP contribution in [0.3, 0.4) is 0 Å². The lowest BCUT2D eigenvalue weighted by Crippen LogP contribution is -2.23. The Labute approximate surface area is 328 Å². The maximum atomic E-state index is 13.8. The largest absolute Gasteiger partial charge is 0.511 e. The molecule has 286 valence electrons. The Balaban J connectivity index is 1.07. The van der Waals surface area contributed by atoms with Crippen LogP contribution >= 0.6 is 0 Å².